The van der Waals surface area contributed by atoms with Crippen molar-refractivity contribution in [2.75, 3.05) is 20.3 Å². The van der Waals surface area contributed by atoms with E-state index in [9.17, 15) is 23.2 Å². The predicted octanol–water partition coefficient (Wildman–Crippen LogP) is 3.05. The Hall–Kier alpha value is -3.07. The highest BCUT2D eigenvalue weighted by molar-refractivity contribution is 5.92. The largest absolute Gasteiger partial charge is 0.385 e. The van der Waals surface area contributed by atoms with Gasteiger partial charge in [0.15, 0.2) is 0 Å². The number of benzene rings is 1. The van der Waals surface area contributed by atoms with E-state index in [1.807, 2.05) is 0 Å². The van der Waals surface area contributed by atoms with Crippen molar-refractivity contribution in [1.82, 2.24) is 16.0 Å². The number of allylic oxidation sites excluding steroid dienone is 3. The molecule has 3 atom stereocenters. The summed E-state index contributed by atoms with van der Waals surface area (Å²) in [7, 11) is 1.57. The van der Waals surface area contributed by atoms with Crippen molar-refractivity contribution in [1.29, 1.82) is 0 Å². The second kappa shape index (κ2) is 14.9. The van der Waals surface area contributed by atoms with Crippen LogP contribution < -0.4 is 16.0 Å². The maximum atomic E-state index is 13.6. The maximum Gasteiger partial charge on any atom is 0.247 e. The summed E-state index contributed by atoms with van der Waals surface area (Å²) in [5.41, 5.74) is 0.962. The highest BCUT2D eigenvalue weighted by Crippen LogP contribution is 2.14. The zero-order valence-electron chi connectivity index (χ0n) is 19.5. The molecular formula is C24H33F2N3O4. The van der Waals surface area contributed by atoms with E-state index in [0.717, 1.165) is 12.2 Å². The van der Waals surface area contributed by atoms with Crippen LogP contribution in [0.3, 0.4) is 0 Å². The molecule has 0 radical (unpaired) electrons. The number of carbonyl (C=O) groups is 3. The molecule has 0 aliphatic carbocycles. The van der Waals surface area contributed by atoms with Crippen molar-refractivity contribution in [2.45, 2.75) is 51.9 Å². The van der Waals surface area contributed by atoms with Gasteiger partial charge >= 0.3 is 0 Å². The Kier molecular flexibility index (Phi) is 12.6. The molecule has 3 N–H and O–H groups in total. The third-order valence-electron chi connectivity index (χ3n) is 4.49. The smallest absolute Gasteiger partial charge is 0.247 e. The van der Waals surface area contributed by atoms with E-state index in [-0.39, 0.29) is 12.3 Å². The molecule has 7 nitrogen and oxygen atoms in total. The molecule has 0 bridgehead atoms. The number of alkyl halides is 1. The van der Waals surface area contributed by atoms with Crippen LogP contribution in [-0.4, -0.2) is 50.2 Å². The molecule has 0 saturated carbocycles. The second-order valence-corrected chi connectivity index (χ2v) is 7.68. The number of ether oxygens (including phenoxy) is 1. The SMILES string of the molecule is COCCCNC(=O)[C@@H](NC(=O)C(C)NC(=O)C/C(C)=C/C(F)=C\C(C)F)c1ccccc1. The van der Waals surface area contributed by atoms with Crippen molar-refractivity contribution in [3.8, 4) is 0 Å². The molecule has 0 saturated heterocycles. The lowest BCUT2D eigenvalue weighted by Gasteiger charge is -2.21. The first-order chi connectivity index (χ1) is 15.6. The highest BCUT2D eigenvalue weighted by atomic mass is 19.1. The van der Waals surface area contributed by atoms with Crippen molar-refractivity contribution in [3.63, 3.8) is 0 Å². The molecule has 1 aromatic carbocycles. The van der Waals surface area contributed by atoms with Crippen LogP contribution in [0.5, 0.6) is 0 Å². The Balaban J connectivity index is 2.75. The average Bonchev–Trinajstić information content (AvgIpc) is 2.74. The number of amides is 3. The fraction of sp³-hybridized carbons (Fsp3) is 0.458. The monoisotopic (exact) mass is 465 g/mol. The predicted molar refractivity (Wildman–Crippen MR) is 123 cm³/mol. The van der Waals surface area contributed by atoms with Crippen LogP contribution in [0.1, 0.15) is 45.2 Å². The van der Waals surface area contributed by atoms with E-state index in [4.69, 9.17) is 4.74 Å². The molecule has 0 aliphatic rings. The molecular weight excluding hydrogens is 432 g/mol. The molecule has 0 fully saturated rings. The molecule has 0 heterocycles. The summed E-state index contributed by atoms with van der Waals surface area (Å²) < 4.78 is 31.3. The van der Waals surface area contributed by atoms with E-state index in [1.165, 1.54) is 20.8 Å². The highest BCUT2D eigenvalue weighted by Gasteiger charge is 2.25. The quantitative estimate of drug-likeness (QED) is 0.308. The van der Waals surface area contributed by atoms with Gasteiger partial charge in [0.25, 0.3) is 0 Å². The number of rotatable bonds is 13. The number of carbonyl (C=O) groups excluding carboxylic acids is 3. The summed E-state index contributed by atoms with van der Waals surface area (Å²) in [6, 6.07) is 6.86. The minimum absolute atomic E-state index is 0.165. The number of methoxy groups -OCH3 is 1. The molecule has 3 amide bonds. The van der Waals surface area contributed by atoms with Gasteiger partial charge in [0, 0.05) is 26.7 Å². The topological polar surface area (TPSA) is 96.5 Å². The summed E-state index contributed by atoms with van der Waals surface area (Å²) in [5.74, 6) is -2.22. The van der Waals surface area contributed by atoms with E-state index in [2.05, 4.69) is 16.0 Å². The van der Waals surface area contributed by atoms with Crippen molar-refractivity contribution in [3.05, 3.63) is 59.4 Å². The first kappa shape index (κ1) is 28.0. The van der Waals surface area contributed by atoms with Gasteiger partial charge in [-0.1, -0.05) is 35.9 Å². The molecule has 182 valence electrons. The third kappa shape index (κ3) is 11.4. The van der Waals surface area contributed by atoms with Gasteiger partial charge in [-0.15, -0.1) is 0 Å². The van der Waals surface area contributed by atoms with Crippen LogP contribution in [-0.2, 0) is 19.1 Å². The molecule has 9 heteroatoms. The lowest BCUT2D eigenvalue weighted by atomic mass is 10.1. The van der Waals surface area contributed by atoms with Gasteiger partial charge in [-0.05, 0) is 44.9 Å². The number of halogens is 2. The van der Waals surface area contributed by atoms with Crippen LogP contribution in [0.4, 0.5) is 8.78 Å². The van der Waals surface area contributed by atoms with Crippen LogP contribution in [0.2, 0.25) is 0 Å². The van der Waals surface area contributed by atoms with E-state index < -0.39 is 35.9 Å². The zero-order valence-corrected chi connectivity index (χ0v) is 19.5. The molecule has 1 rings (SSSR count). The van der Waals surface area contributed by atoms with Gasteiger partial charge in [-0.2, -0.15) is 0 Å². The number of hydrogen-bond donors (Lipinski definition) is 3. The third-order valence-corrected chi connectivity index (χ3v) is 4.49. The van der Waals surface area contributed by atoms with Crippen LogP contribution >= 0.6 is 0 Å². The molecule has 0 aromatic heterocycles. The molecule has 33 heavy (non-hydrogen) atoms. The summed E-state index contributed by atoms with van der Waals surface area (Å²) in [5, 5.41) is 7.95. The zero-order chi connectivity index (χ0) is 24.8. The Morgan fingerprint density at radius 1 is 1.09 bits per heavy atom. The Bertz CT molecular complexity index is 841. The normalized spacial score (nSPS) is 14.7. The van der Waals surface area contributed by atoms with Crippen LogP contribution in [0, 0.1) is 0 Å². The van der Waals surface area contributed by atoms with Gasteiger partial charge in [-0.25, -0.2) is 8.78 Å². The number of hydrogen-bond acceptors (Lipinski definition) is 4. The second-order valence-electron chi connectivity index (χ2n) is 7.68. The van der Waals surface area contributed by atoms with Crippen molar-refractivity contribution < 1.29 is 27.9 Å². The maximum absolute atomic E-state index is 13.6. The first-order valence-corrected chi connectivity index (χ1v) is 10.7. The van der Waals surface area contributed by atoms with E-state index in [0.29, 0.717) is 30.7 Å². The number of nitrogens with one attached hydrogen (secondary N) is 3. The lowest BCUT2D eigenvalue weighted by molar-refractivity contribution is -0.131. The molecule has 1 aromatic rings. The minimum atomic E-state index is -1.44. The Morgan fingerprint density at radius 2 is 1.76 bits per heavy atom. The Labute approximate surface area is 193 Å². The Morgan fingerprint density at radius 3 is 2.36 bits per heavy atom. The summed E-state index contributed by atoms with van der Waals surface area (Å²) in [6.45, 7) is 5.08. The summed E-state index contributed by atoms with van der Waals surface area (Å²) in [6.07, 6.45) is 0.876. The minimum Gasteiger partial charge on any atom is -0.385 e. The van der Waals surface area contributed by atoms with Crippen LogP contribution in [0.25, 0.3) is 0 Å². The van der Waals surface area contributed by atoms with Crippen LogP contribution in [0.15, 0.2) is 53.9 Å². The van der Waals surface area contributed by atoms with Crippen molar-refractivity contribution in [2.24, 2.45) is 0 Å². The fourth-order valence-corrected chi connectivity index (χ4v) is 2.91. The fourth-order valence-electron chi connectivity index (χ4n) is 2.91. The van der Waals surface area contributed by atoms with Gasteiger partial charge in [0.05, 0.1) is 0 Å². The van der Waals surface area contributed by atoms with E-state index in [1.54, 1.807) is 37.4 Å². The van der Waals surface area contributed by atoms with Gasteiger partial charge in [0.2, 0.25) is 17.7 Å². The first-order valence-electron chi connectivity index (χ1n) is 10.7. The van der Waals surface area contributed by atoms with Crippen molar-refractivity contribution >= 4 is 17.7 Å². The molecule has 0 spiro atoms. The van der Waals surface area contributed by atoms with Gasteiger partial charge in [-0.3, -0.25) is 14.4 Å². The van der Waals surface area contributed by atoms with Gasteiger partial charge in [0.1, 0.15) is 24.1 Å². The van der Waals surface area contributed by atoms with E-state index >= 15 is 0 Å². The molecule has 2 unspecified atom stereocenters. The van der Waals surface area contributed by atoms with Gasteiger partial charge < -0.3 is 20.7 Å². The molecule has 0 aliphatic heterocycles. The summed E-state index contributed by atoms with van der Waals surface area (Å²) in [4.78, 5) is 37.6. The average molecular weight is 466 g/mol. The standard InChI is InChI=1S/C24H33F2N3O4/c1-16(13-20(26)15-17(2)25)14-21(30)28-18(3)23(31)29-22(19-9-6-5-7-10-19)24(32)27-11-8-12-33-4/h5-7,9-10,13,15,17-18,22H,8,11-12,14H2,1-4H3,(H,27,32)(H,28,30)(H,29,31)/b16-13+,20-15+/t17?,18?,22-/m0/s1. The summed E-state index contributed by atoms with van der Waals surface area (Å²) >= 11 is 0. The lowest BCUT2D eigenvalue weighted by Crippen LogP contribution is -2.49.